The van der Waals surface area contributed by atoms with Gasteiger partial charge < -0.3 is 0 Å². The molecule has 9 heteroatoms. The monoisotopic (exact) mass is 336 g/mol. The summed E-state index contributed by atoms with van der Waals surface area (Å²) in [5.74, 6) is 0. The molecule has 4 nitrogen and oxygen atoms in total. The number of hydrogen-bond acceptors (Lipinski definition) is 6. The van der Waals surface area contributed by atoms with E-state index in [1.165, 1.54) is 0 Å². The van der Waals surface area contributed by atoms with Crippen LogP contribution in [0.1, 0.15) is 28.9 Å². The van der Waals surface area contributed by atoms with Crippen LogP contribution in [-0.4, -0.2) is 32.7 Å². The summed E-state index contributed by atoms with van der Waals surface area (Å²) in [7, 11) is 0. The van der Waals surface area contributed by atoms with Gasteiger partial charge in [0.25, 0.3) is 0 Å². The Labute approximate surface area is 128 Å². The second-order valence-corrected chi connectivity index (χ2v) is 6.78. The van der Waals surface area contributed by atoms with Gasteiger partial charge >= 0.3 is 6.18 Å². The zero-order valence-corrected chi connectivity index (χ0v) is 13.2. The minimum absolute atomic E-state index is 0.211. The fraction of sp³-hybridized carbons (Fsp3) is 0.583. The molecule has 21 heavy (non-hydrogen) atoms. The van der Waals surface area contributed by atoms with Crippen LogP contribution in [0, 0.1) is 0 Å². The smallest absolute Gasteiger partial charge is 0.294 e. The molecule has 2 aromatic rings. The molecule has 2 heterocycles. The van der Waals surface area contributed by atoms with Crippen molar-refractivity contribution < 1.29 is 13.2 Å². The molecule has 0 N–H and O–H groups in total. The quantitative estimate of drug-likeness (QED) is 0.810. The van der Waals surface area contributed by atoms with Gasteiger partial charge in [-0.15, -0.1) is 21.5 Å². The highest BCUT2D eigenvalue weighted by Crippen LogP contribution is 2.31. The molecule has 0 aliphatic rings. The number of aromatic nitrogens is 3. The SMILES string of the molecule is CC(C)N(CCc1nccs1)Cc1nnc(C(F)(F)F)s1. The summed E-state index contributed by atoms with van der Waals surface area (Å²) >= 11 is 2.19. The lowest BCUT2D eigenvalue weighted by Gasteiger charge is -2.24. The Bertz CT molecular complexity index is 551. The van der Waals surface area contributed by atoms with E-state index in [2.05, 4.69) is 20.1 Å². The van der Waals surface area contributed by atoms with E-state index in [-0.39, 0.29) is 6.04 Å². The lowest BCUT2D eigenvalue weighted by Crippen LogP contribution is -2.32. The first-order valence-electron chi connectivity index (χ1n) is 6.38. The van der Waals surface area contributed by atoms with Crippen molar-refractivity contribution in [3.05, 3.63) is 26.6 Å². The Balaban J connectivity index is 1.97. The summed E-state index contributed by atoms with van der Waals surface area (Å²) in [6.45, 7) is 5.12. The Morgan fingerprint density at radius 2 is 2.00 bits per heavy atom. The van der Waals surface area contributed by atoms with Crippen LogP contribution in [0.4, 0.5) is 13.2 Å². The third kappa shape index (κ3) is 4.72. The molecule has 0 fully saturated rings. The van der Waals surface area contributed by atoms with Gasteiger partial charge in [0.05, 0.1) is 11.6 Å². The molecule has 0 saturated heterocycles. The highest BCUT2D eigenvalue weighted by Gasteiger charge is 2.35. The van der Waals surface area contributed by atoms with Gasteiger partial charge in [-0.05, 0) is 13.8 Å². The van der Waals surface area contributed by atoms with Crippen LogP contribution in [0.5, 0.6) is 0 Å². The molecule has 0 amide bonds. The summed E-state index contributed by atoms with van der Waals surface area (Å²) in [4.78, 5) is 6.28. The van der Waals surface area contributed by atoms with Crippen molar-refractivity contribution in [2.75, 3.05) is 6.54 Å². The number of rotatable bonds is 6. The topological polar surface area (TPSA) is 41.9 Å². The molecule has 116 valence electrons. The molecule has 2 aromatic heterocycles. The molecule has 0 atom stereocenters. The van der Waals surface area contributed by atoms with E-state index in [0.29, 0.717) is 22.9 Å². The van der Waals surface area contributed by atoms with Gasteiger partial charge in [0.2, 0.25) is 5.01 Å². The first kappa shape index (κ1) is 16.3. The van der Waals surface area contributed by atoms with Crippen molar-refractivity contribution in [1.82, 2.24) is 20.1 Å². The molecule has 0 spiro atoms. The van der Waals surface area contributed by atoms with Gasteiger partial charge in [0.1, 0.15) is 5.01 Å². The lowest BCUT2D eigenvalue weighted by atomic mass is 10.3. The standard InChI is InChI=1S/C12H15F3N4S2/c1-8(2)19(5-3-9-16-4-6-20-9)7-10-17-18-11(21-10)12(13,14)15/h4,6,8H,3,5,7H2,1-2H3. The maximum Gasteiger partial charge on any atom is 0.445 e. The van der Waals surface area contributed by atoms with Gasteiger partial charge in [0.15, 0.2) is 0 Å². The van der Waals surface area contributed by atoms with Crippen molar-refractivity contribution in [3.63, 3.8) is 0 Å². The molecule has 0 aromatic carbocycles. The summed E-state index contributed by atoms with van der Waals surface area (Å²) < 4.78 is 37.6. The predicted molar refractivity (Wildman–Crippen MR) is 76.3 cm³/mol. The Hall–Kier alpha value is -1.06. The molecular weight excluding hydrogens is 321 g/mol. The van der Waals surface area contributed by atoms with Gasteiger partial charge in [-0.25, -0.2) is 4.98 Å². The zero-order chi connectivity index (χ0) is 15.5. The Morgan fingerprint density at radius 3 is 2.52 bits per heavy atom. The van der Waals surface area contributed by atoms with E-state index < -0.39 is 11.2 Å². The maximum atomic E-state index is 12.5. The fourth-order valence-electron chi connectivity index (χ4n) is 1.74. The molecule has 2 rings (SSSR count). The molecular formula is C12H15F3N4S2. The average Bonchev–Trinajstić information content (AvgIpc) is 3.04. The molecule has 0 aliphatic heterocycles. The van der Waals surface area contributed by atoms with Crippen molar-refractivity contribution in [3.8, 4) is 0 Å². The molecule has 0 radical (unpaired) electrons. The van der Waals surface area contributed by atoms with E-state index in [1.54, 1.807) is 17.5 Å². The lowest BCUT2D eigenvalue weighted by molar-refractivity contribution is -0.138. The second kappa shape index (κ2) is 6.80. The Kier molecular flexibility index (Phi) is 5.28. The predicted octanol–water partition coefficient (Wildman–Crippen LogP) is 3.47. The summed E-state index contributed by atoms with van der Waals surface area (Å²) in [5.41, 5.74) is 0. The van der Waals surface area contributed by atoms with Gasteiger partial charge in [0, 0.05) is 30.6 Å². The van der Waals surface area contributed by atoms with E-state index in [0.717, 1.165) is 18.0 Å². The van der Waals surface area contributed by atoms with Crippen LogP contribution < -0.4 is 0 Å². The highest BCUT2D eigenvalue weighted by molar-refractivity contribution is 7.11. The van der Waals surface area contributed by atoms with Crippen LogP contribution in [-0.2, 0) is 19.1 Å². The minimum atomic E-state index is -4.42. The van der Waals surface area contributed by atoms with Crippen LogP contribution in [0.3, 0.4) is 0 Å². The number of nitrogens with zero attached hydrogens (tertiary/aromatic N) is 4. The van der Waals surface area contributed by atoms with Crippen molar-refractivity contribution in [2.24, 2.45) is 0 Å². The Morgan fingerprint density at radius 1 is 1.24 bits per heavy atom. The first-order valence-corrected chi connectivity index (χ1v) is 8.08. The van der Waals surface area contributed by atoms with Crippen LogP contribution in [0.2, 0.25) is 0 Å². The molecule has 0 saturated carbocycles. The number of halogens is 3. The first-order chi connectivity index (χ1) is 9.86. The van der Waals surface area contributed by atoms with Crippen LogP contribution in [0.25, 0.3) is 0 Å². The number of alkyl halides is 3. The summed E-state index contributed by atoms with van der Waals surface area (Å²) in [5, 5.41) is 9.29. The van der Waals surface area contributed by atoms with Gasteiger partial charge in [-0.1, -0.05) is 11.3 Å². The third-order valence-electron chi connectivity index (χ3n) is 2.87. The largest absolute Gasteiger partial charge is 0.445 e. The summed E-state index contributed by atoms with van der Waals surface area (Å²) in [6, 6.07) is 0.211. The van der Waals surface area contributed by atoms with Gasteiger partial charge in [-0.3, -0.25) is 4.90 Å². The average molecular weight is 336 g/mol. The summed E-state index contributed by atoms with van der Waals surface area (Å²) in [6.07, 6.45) is -1.89. The normalized spacial score (nSPS) is 12.5. The molecule has 0 unspecified atom stereocenters. The second-order valence-electron chi connectivity index (χ2n) is 4.74. The van der Waals surface area contributed by atoms with Crippen molar-refractivity contribution in [2.45, 2.75) is 39.0 Å². The number of hydrogen-bond donors (Lipinski definition) is 0. The highest BCUT2D eigenvalue weighted by atomic mass is 32.1. The molecule has 0 aliphatic carbocycles. The van der Waals surface area contributed by atoms with E-state index in [4.69, 9.17) is 0 Å². The van der Waals surface area contributed by atoms with Crippen LogP contribution in [0.15, 0.2) is 11.6 Å². The van der Waals surface area contributed by atoms with Crippen LogP contribution >= 0.6 is 22.7 Å². The zero-order valence-electron chi connectivity index (χ0n) is 11.6. The van der Waals surface area contributed by atoms with E-state index in [9.17, 15) is 13.2 Å². The minimum Gasteiger partial charge on any atom is -0.294 e. The van der Waals surface area contributed by atoms with E-state index >= 15 is 0 Å². The third-order valence-corrected chi connectivity index (χ3v) is 4.67. The van der Waals surface area contributed by atoms with E-state index in [1.807, 2.05) is 19.2 Å². The number of thiazole rings is 1. The molecule has 0 bridgehead atoms. The van der Waals surface area contributed by atoms with Crippen molar-refractivity contribution >= 4 is 22.7 Å². The maximum absolute atomic E-state index is 12.5. The van der Waals surface area contributed by atoms with Gasteiger partial charge in [-0.2, -0.15) is 13.2 Å². The fourth-order valence-corrected chi connectivity index (χ4v) is 3.08. The van der Waals surface area contributed by atoms with Crippen molar-refractivity contribution in [1.29, 1.82) is 0 Å².